The minimum atomic E-state index is -3.27. The Balaban J connectivity index is 2.63. The Hall–Kier alpha value is -1.07. The lowest BCUT2D eigenvalue weighted by atomic mass is 10.2. The van der Waals surface area contributed by atoms with E-state index in [4.69, 9.17) is 4.74 Å². The predicted octanol–water partition coefficient (Wildman–Crippen LogP) is 0.487. The molecule has 5 heteroatoms. The van der Waals surface area contributed by atoms with Gasteiger partial charge in [0.05, 0.1) is 12.0 Å². The molecule has 0 radical (unpaired) electrons. The number of benzene rings is 1. The molecule has 0 bridgehead atoms. The first kappa shape index (κ1) is 8.52. The molecule has 0 amide bonds. The molecule has 0 fully saturated rings. The third-order valence-electron chi connectivity index (χ3n) is 2.02. The minimum Gasteiger partial charge on any atom is -0.497 e. The van der Waals surface area contributed by atoms with Crippen molar-refractivity contribution in [3.8, 4) is 5.75 Å². The van der Waals surface area contributed by atoms with E-state index in [1.54, 1.807) is 12.1 Å². The number of methoxy groups -OCH3 is 1. The molecule has 1 aliphatic heterocycles. The van der Waals surface area contributed by atoms with E-state index >= 15 is 0 Å². The number of rotatable bonds is 1. The van der Waals surface area contributed by atoms with E-state index in [0.717, 1.165) is 5.56 Å². The molecule has 0 saturated heterocycles. The van der Waals surface area contributed by atoms with Crippen molar-refractivity contribution in [2.45, 2.75) is 11.4 Å². The van der Waals surface area contributed by atoms with E-state index in [1.165, 1.54) is 13.2 Å². The van der Waals surface area contributed by atoms with Crippen molar-refractivity contribution >= 4 is 10.0 Å². The summed E-state index contributed by atoms with van der Waals surface area (Å²) in [7, 11) is -1.76. The smallest absolute Gasteiger partial charge is 0.241 e. The maximum Gasteiger partial charge on any atom is 0.241 e. The van der Waals surface area contributed by atoms with Gasteiger partial charge in [0.2, 0.25) is 10.0 Å². The van der Waals surface area contributed by atoms with Gasteiger partial charge in [0.15, 0.2) is 0 Å². The molecule has 1 aliphatic rings. The summed E-state index contributed by atoms with van der Waals surface area (Å²) in [5, 5.41) is 0. The molecule has 0 saturated carbocycles. The zero-order valence-electron chi connectivity index (χ0n) is 7.07. The predicted molar refractivity (Wildman–Crippen MR) is 47.0 cm³/mol. The van der Waals surface area contributed by atoms with Gasteiger partial charge in [-0.1, -0.05) is 6.07 Å². The minimum absolute atomic E-state index is 0.326. The van der Waals surface area contributed by atoms with Crippen LogP contribution in [0.15, 0.2) is 23.1 Å². The van der Waals surface area contributed by atoms with Crippen LogP contribution in [0.5, 0.6) is 5.75 Å². The second kappa shape index (κ2) is 2.71. The van der Waals surface area contributed by atoms with E-state index < -0.39 is 10.0 Å². The SMILES string of the molecule is COc1ccc2c(c1)S(=O)(=O)NC2. The van der Waals surface area contributed by atoms with E-state index in [1.807, 2.05) is 0 Å². The zero-order valence-corrected chi connectivity index (χ0v) is 7.89. The average Bonchev–Trinajstić information content (AvgIpc) is 2.42. The van der Waals surface area contributed by atoms with Crippen LogP contribution in [-0.2, 0) is 16.6 Å². The van der Waals surface area contributed by atoms with Gasteiger partial charge in [-0.3, -0.25) is 0 Å². The number of ether oxygens (including phenoxy) is 1. The molecule has 4 nitrogen and oxygen atoms in total. The molecule has 0 spiro atoms. The molecule has 2 rings (SSSR count). The van der Waals surface area contributed by atoms with Gasteiger partial charge < -0.3 is 4.74 Å². The lowest BCUT2D eigenvalue weighted by Gasteiger charge is -2.01. The molecular weight excluding hydrogens is 190 g/mol. The van der Waals surface area contributed by atoms with Crippen LogP contribution in [0.25, 0.3) is 0 Å². The second-order valence-electron chi connectivity index (χ2n) is 2.80. The highest BCUT2D eigenvalue weighted by Gasteiger charge is 2.25. The van der Waals surface area contributed by atoms with Crippen LogP contribution >= 0.6 is 0 Å². The van der Waals surface area contributed by atoms with Gasteiger partial charge in [-0.15, -0.1) is 0 Å². The molecule has 1 aromatic rings. The number of sulfonamides is 1. The molecule has 1 aromatic carbocycles. The van der Waals surface area contributed by atoms with Crippen molar-refractivity contribution in [3.63, 3.8) is 0 Å². The summed E-state index contributed by atoms with van der Waals surface area (Å²) < 4.78 is 30.1. The normalized spacial score (nSPS) is 18.2. The second-order valence-corrected chi connectivity index (χ2v) is 4.53. The van der Waals surface area contributed by atoms with Gasteiger partial charge in [-0.05, 0) is 11.6 Å². The standard InChI is InChI=1S/C8H9NO3S/c1-12-7-3-2-6-5-9-13(10,11)8(6)4-7/h2-4,9H,5H2,1H3. The molecule has 1 N–H and O–H groups in total. The van der Waals surface area contributed by atoms with Crippen LogP contribution < -0.4 is 9.46 Å². The van der Waals surface area contributed by atoms with Gasteiger partial charge in [0, 0.05) is 12.6 Å². The highest BCUT2D eigenvalue weighted by atomic mass is 32.2. The number of fused-ring (bicyclic) bond motifs is 1. The molecule has 0 unspecified atom stereocenters. The fraction of sp³-hybridized carbons (Fsp3) is 0.250. The maximum atomic E-state index is 11.4. The summed E-state index contributed by atoms with van der Waals surface area (Å²) in [5.74, 6) is 0.561. The van der Waals surface area contributed by atoms with Gasteiger partial charge >= 0.3 is 0 Å². The van der Waals surface area contributed by atoms with E-state index in [9.17, 15) is 8.42 Å². The molecule has 13 heavy (non-hydrogen) atoms. The lowest BCUT2D eigenvalue weighted by Crippen LogP contribution is -2.13. The van der Waals surface area contributed by atoms with Crippen LogP contribution in [-0.4, -0.2) is 15.5 Å². The topological polar surface area (TPSA) is 55.4 Å². The fourth-order valence-electron chi connectivity index (χ4n) is 1.31. The lowest BCUT2D eigenvalue weighted by molar-refractivity contribution is 0.413. The monoisotopic (exact) mass is 199 g/mol. The van der Waals surface area contributed by atoms with Crippen molar-refractivity contribution in [3.05, 3.63) is 23.8 Å². The summed E-state index contributed by atoms with van der Waals surface area (Å²) in [6, 6.07) is 5.04. The fourth-order valence-corrected chi connectivity index (χ4v) is 2.57. The average molecular weight is 199 g/mol. The van der Waals surface area contributed by atoms with Crippen LogP contribution in [0.3, 0.4) is 0 Å². The Morgan fingerprint density at radius 2 is 2.23 bits per heavy atom. The van der Waals surface area contributed by atoms with Crippen LogP contribution in [0, 0.1) is 0 Å². The Morgan fingerprint density at radius 3 is 2.92 bits per heavy atom. The molecule has 0 aliphatic carbocycles. The van der Waals surface area contributed by atoms with E-state index in [0.29, 0.717) is 17.2 Å². The summed E-state index contributed by atoms with van der Waals surface area (Å²) >= 11 is 0. The van der Waals surface area contributed by atoms with Crippen molar-refractivity contribution in [2.24, 2.45) is 0 Å². The largest absolute Gasteiger partial charge is 0.497 e. The first-order valence-corrected chi connectivity index (χ1v) is 5.28. The third-order valence-corrected chi connectivity index (χ3v) is 3.50. The van der Waals surface area contributed by atoms with Gasteiger partial charge in [-0.25, -0.2) is 13.1 Å². The summed E-state index contributed by atoms with van der Waals surface area (Å²) in [5.41, 5.74) is 0.792. The quantitative estimate of drug-likeness (QED) is 0.716. The number of nitrogens with one attached hydrogen (secondary N) is 1. The molecule has 0 atom stereocenters. The van der Waals surface area contributed by atoms with Gasteiger partial charge in [0.25, 0.3) is 0 Å². The molecule has 70 valence electrons. The summed E-state index contributed by atoms with van der Waals surface area (Å²) in [6.07, 6.45) is 0. The van der Waals surface area contributed by atoms with Crippen molar-refractivity contribution < 1.29 is 13.2 Å². The first-order valence-electron chi connectivity index (χ1n) is 3.80. The highest BCUT2D eigenvalue weighted by molar-refractivity contribution is 7.89. The van der Waals surface area contributed by atoms with Gasteiger partial charge in [0.1, 0.15) is 5.75 Å². The van der Waals surface area contributed by atoms with Crippen LogP contribution in [0.2, 0.25) is 0 Å². The van der Waals surface area contributed by atoms with Crippen LogP contribution in [0.4, 0.5) is 0 Å². The van der Waals surface area contributed by atoms with Gasteiger partial charge in [-0.2, -0.15) is 0 Å². The Kier molecular flexibility index (Phi) is 1.78. The van der Waals surface area contributed by atoms with E-state index in [2.05, 4.69) is 4.72 Å². The maximum absolute atomic E-state index is 11.4. The zero-order chi connectivity index (χ0) is 9.47. The van der Waals surface area contributed by atoms with Crippen molar-refractivity contribution in [1.82, 2.24) is 4.72 Å². The number of hydrogen-bond donors (Lipinski definition) is 1. The van der Waals surface area contributed by atoms with Crippen LogP contribution in [0.1, 0.15) is 5.56 Å². The van der Waals surface area contributed by atoms with E-state index in [-0.39, 0.29) is 0 Å². The Morgan fingerprint density at radius 1 is 1.46 bits per heavy atom. The molecule has 0 aromatic heterocycles. The Labute approximate surface area is 76.6 Å². The molecule has 1 heterocycles. The Bertz CT molecular complexity index is 439. The van der Waals surface area contributed by atoms with Crippen molar-refractivity contribution in [2.75, 3.05) is 7.11 Å². The first-order chi connectivity index (χ1) is 6.13. The number of hydrogen-bond acceptors (Lipinski definition) is 3. The third kappa shape index (κ3) is 1.30. The molecular formula is C8H9NO3S. The highest BCUT2D eigenvalue weighted by Crippen LogP contribution is 2.26. The van der Waals surface area contributed by atoms with Crippen molar-refractivity contribution in [1.29, 1.82) is 0 Å². The summed E-state index contributed by atoms with van der Waals surface area (Å²) in [4.78, 5) is 0.326. The summed E-state index contributed by atoms with van der Waals surface area (Å²) in [6.45, 7) is 0.377.